The van der Waals surface area contributed by atoms with Crippen molar-refractivity contribution in [1.29, 1.82) is 0 Å². The van der Waals surface area contributed by atoms with Crippen molar-refractivity contribution in [2.24, 2.45) is 5.92 Å². The van der Waals surface area contributed by atoms with Crippen molar-refractivity contribution in [2.45, 2.75) is 12.8 Å². The van der Waals surface area contributed by atoms with Crippen LogP contribution in [0.3, 0.4) is 0 Å². The van der Waals surface area contributed by atoms with E-state index < -0.39 is 0 Å². The Labute approximate surface area is 140 Å². The molecule has 23 heavy (non-hydrogen) atoms. The number of carbonyl (C=O) groups excluding carboxylic acids is 1. The van der Waals surface area contributed by atoms with Gasteiger partial charge in [0.1, 0.15) is 17.5 Å². The molecule has 1 aliphatic heterocycles. The molecule has 2 heterocycles. The molecule has 1 fully saturated rings. The van der Waals surface area contributed by atoms with E-state index >= 15 is 0 Å². The number of likely N-dealkylation sites (tertiary alicyclic amines) is 1. The first-order chi connectivity index (χ1) is 11.2. The van der Waals surface area contributed by atoms with Gasteiger partial charge in [-0.05, 0) is 44.5 Å². The Balaban J connectivity index is 1.74. The SMILES string of the molecule is CNCC1CCN(C(=O)c2conc2-c2ccc(Cl)cc2)CC1. The zero-order valence-corrected chi connectivity index (χ0v) is 13.8. The summed E-state index contributed by atoms with van der Waals surface area (Å²) in [7, 11) is 1.97. The molecular weight excluding hydrogens is 314 g/mol. The fourth-order valence-electron chi connectivity index (χ4n) is 3.00. The summed E-state index contributed by atoms with van der Waals surface area (Å²) >= 11 is 5.91. The molecule has 0 atom stereocenters. The van der Waals surface area contributed by atoms with Gasteiger partial charge in [0.05, 0.1) is 0 Å². The Morgan fingerprint density at radius 1 is 1.35 bits per heavy atom. The highest BCUT2D eigenvalue weighted by atomic mass is 35.5. The summed E-state index contributed by atoms with van der Waals surface area (Å²) < 4.78 is 5.06. The first-order valence-electron chi connectivity index (χ1n) is 7.83. The van der Waals surface area contributed by atoms with Crippen molar-refractivity contribution in [2.75, 3.05) is 26.7 Å². The molecule has 0 spiro atoms. The molecule has 1 amide bonds. The Bertz CT molecular complexity index is 661. The number of hydrogen-bond acceptors (Lipinski definition) is 4. The average molecular weight is 334 g/mol. The third-order valence-corrected chi connectivity index (χ3v) is 4.56. The predicted octanol–water partition coefficient (Wildman–Crippen LogP) is 3.07. The average Bonchev–Trinajstić information content (AvgIpc) is 3.05. The Morgan fingerprint density at radius 3 is 2.70 bits per heavy atom. The summed E-state index contributed by atoms with van der Waals surface area (Å²) in [5, 5.41) is 7.86. The van der Waals surface area contributed by atoms with Crippen LogP contribution in [-0.2, 0) is 0 Å². The Morgan fingerprint density at radius 2 is 2.04 bits per heavy atom. The van der Waals surface area contributed by atoms with Gasteiger partial charge in [-0.3, -0.25) is 4.79 Å². The molecule has 1 aromatic heterocycles. The van der Waals surface area contributed by atoms with Gasteiger partial charge in [-0.15, -0.1) is 0 Å². The lowest BCUT2D eigenvalue weighted by Gasteiger charge is -2.31. The number of benzene rings is 1. The minimum atomic E-state index is -0.0147. The summed E-state index contributed by atoms with van der Waals surface area (Å²) in [5.41, 5.74) is 1.92. The van der Waals surface area contributed by atoms with Crippen molar-refractivity contribution in [3.63, 3.8) is 0 Å². The second-order valence-corrected chi connectivity index (χ2v) is 6.31. The van der Waals surface area contributed by atoms with Gasteiger partial charge >= 0.3 is 0 Å². The zero-order chi connectivity index (χ0) is 16.2. The number of nitrogens with zero attached hydrogens (tertiary/aromatic N) is 2. The van der Waals surface area contributed by atoms with Crippen LogP contribution in [0.15, 0.2) is 35.1 Å². The van der Waals surface area contributed by atoms with Crippen LogP contribution in [0.25, 0.3) is 11.3 Å². The maximum atomic E-state index is 12.8. The van der Waals surface area contributed by atoms with Crippen LogP contribution >= 0.6 is 11.6 Å². The van der Waals surface area contributed by atoms with Crippen molar-refractivity contribution >= 4 is 17.5 Å². The number of hydrogen-bond donors (Lipinski definition) is 1. The molecule has 0 bridgehead atoms. The second-order valence-electron chi connectivity index (χ2n) is 5.88. The van der Waals surface area contributed by atoms with Crippen LogP contribution in [-0.4, -0.2) is 42.6 Å². The van der Waals surface area contributed by atoms with Crippen molar-refractivity contribution < 1.29 is 9.32 Å². The number of rotatable bonds is 4. The van der Waals surface area contributed by atoms with Crippen molar-refractivity contribution in [1.82, 2.24) is 15.4 Å². The van der Waals surface area contributed by atoms with Crippen molar-refractivity contribution in [3.8, 4) is 11.3 Å². The van der Waals surface area contributed by atoms with Gasteiger partial charge in [-0.1, -0.05) is 28.9 Å². The predicted molar refractivity (Wildman–Crippen MR) is 89.5 cm³/mol. The van der Waals surface area contributed by atoms with Gasteiger partial charge in [0.25, 0.3) is 5.91 Å². The fourth-order valence-corrected chi connectivity index (χ4v) is 3.13. The lowest BCUT2D eigenvalue weighted by molar-refractivity contribution is 0.0691. The maximum absolute atomic E-state index is 12.8. The van der Waals surface area contributed by atoms with Gasteiger partial charge in [0, 0.05) is 23.7 Å². The van der Waals surface area contributed by atoms with E-state index in [4.69, 9.17) is 16.1 Å². The van der Waals surface area contributed by atoms with Crippen LogP contribution in [0.2, 0.25) is 5.02 Å². The van der Waals surface area contributed by atoms with Crippen LogP contribution < -0.4 is 5.32 Å². The van der Waals surface area contributed by atoms with Gasteiger partial charge in [-0.2, -0.15) is 0 Å². The molecule has 1 saturated heterocycles. The van der Waals surface area contributed by atoms with Crippen LogP contribution in [0, 0.1) is 5.92 Å². The number of piperidine rings is 1. The zero-order valence-electron chi connectivity index (χ0n) is 13.1. The van der Waals surface area contributed by atoms with E-state index in [2.05, 4.69) is 10.5 Å². The van der Waals surface area contributed by atoms with Gasteiger partial charge in [0.15, 0.2) is 0 Å². The molecule has 1 aliphatic rings. The molecule has 0 unspecified atom stereocenters. The lowest BCUT2D eigenvalue weighted by atomic mass is 9.96. The number of halogens is 1. The Kier molecular flexibility index (Phi) is 4.98. The van der Waals surface area contributed by atoms with E-state index in [0.29, 0.717) is 22.2 Å². The quantitative estimate of drug-likeness (QED) is 0.934. The standard InChI is InChI=1S/C17H20ClN3O2/c1-19-10-12-6-8-21(9-7-12)17(22)15-11-23-20-16(15)13-2-4-14(18)5-3-13/h2-5,11-12,19H,6-10H2,1H3. The summed E-state index contributed by atoms with van der Waals surface area (Å²) in [5.74, 6) is 0.626. The number of amides is 1. The first kappa shape index (κ1) is 16.0. The summed E-state index contributed by atoms with van der Waals surface area (Å²) in [6.45, 7) is 2.55. The molecule has 1 aromatic carbocycles. The van der Waals surface area contributed by atoms with Crippen LogP contribution in [0.4, 0.5) is 0 Å². The molecular formula is C17H20ClN3O2. The summed E-state index contributed by atoms with van der Waals surface area (Å²) in [4.78, 5) is 14.7. The molecule has 6 heteroatoms. The van der Waals surface area contributed by atoms with E-state index in [1.807, 2.05) is 24.1 Å². The third kappa shape index (κ3) is 3.57. The van der Waals surface area contributed by atoms with E-state index in [-0.39, 0.29) is 5.91 Å². The van der Waals surface area contributed by atoms with Crippen LogP contribution in [0.5, 0.6) is 0 Å². The number of aromatic nitrogens is 1. The summed E-state index contributed by atoms with van der Waals surface area (Å²) in [6, 6.07) is 7.25. The molecule has 0 radical (unpaired) electrons. The minimum Gasteiger partial charge on any atom is -0.363 e. The Hall–Kier alpha value is -1.85. The van der Waals surface area contributed by atoms with Gasteiger partial charge in [0.2, 0.25) is 0 Å². The highest BCUT2D eigenvalue weighted by molar-refractivity contribution is 6.30. The van der Waals surface area contributed by atoms with Crippen LogP contribution in [0.1, 0.15) is 23.2 Å². The normalized spacial score (nSPS) is 15.8. The smallest absolute Gasteiger partial charge is 0.259 e. The molecule has 3 rings (SSSR count). The molecule has 0 aliphatic carbocycles. The topological polar surface area (TPSA) is 58.4 Å². The molecule has 1 N–H and O–H groups in total. The highest BCUT2D eigenvalue weighted by Crippen LogP contribution is 2.26. The second kappa shape index (κ2) is 7.15. The van der Waals surface area contributed by atoms with E-state index in [0.717, 1.165) is 38.0 Å². The van der Waals surface area contributed by atoms with E-state index in [1.54, 1.807) is 12.1 Å². The molecule has 5 nitrogen and oxygen atoms in total. The molecule has 122 valence electrons. The van der Waals surface area contributed by atoms with Gasteiger partial charge < -0.3 is 14.7 Å². The van der Waals surface area contributed by atoms with Crippen molar-refractivity contribution in [3.05, 3.63) is 41.1 Å². The third-order valence-electron chi connectivity index (χ3n) is 4.31. The monoisotopic (exact) mass is 333 g/mol. The minimum absolute atomic E-state index is 0.0147. The number of carbonyl (C=O) groups is 1. The van der Waals surface area contributed by atoms with Gasteiger partial charge in [-0.25, -0.2) is 0 Å². The number of nitrogens with one attached hydrogen (secondary N) is 1. The largest absolute Gasteiger partial charge is 0.363 e. The molecule has 0 saturated carbocycles. The highest BCUT2D eigenvalue weighted by Gasteiger charge is 2.26. The summed E-state index contributed by atoms with van der Waals surface area (Å²) in [6.07, 6.45) is 3.48. The van der Waals surface area contributed by atoms with E-state index in [1.165, 1.54) is 6.26 Å². The maximum Gasteiger partial charge on any atom is 0.259 e. The fraction of sp³-hybridized carbons (Fsp3) is 0.412. The lowest BCUT2D eigenvalue weighted by Crippen LogP contribution is -2.40. The first-order valence-corrected chi connectivity index (χ1v) is 8.21. The van der Waals surface area contributed by atoms with E-state index in [9.17, 15) is 4.79 Å². The molecule has 2 aromatic rings.